The highest BCUT2D eigenvalue weighted by molar-refractivity contribution is 7.20. The third kappa shape index (κ3) is 4.89. The number of thiazole rings is 1. The van der Waals surface area contributed by atoms with Gasteiger partial charge in [0.15, 0.2) is 0 Å². The minimum absolute atomic E-state index is 0.0836. The predicted octanol–water partition coefficient (Wildman–Crippen LogP) is 4.85. The van der Waals surface area contributed by atoms with Crippen LogP contribution in [0, 0.1) is 5.92 Å². The van der Waals surface area contributed by atoms with Crippen LogP contribution in [0.5, 0.6) is 16.7 Å². The molecule has 2 aliphatic rings. The molecule has 3 heterocycles. The quantitative estimate of drug-likeness (QED) is 0.556. The van der Waals surface area contributed by atoms with Crippen molar-refractivity contribution in [2.75, 3.05) is 26.2 Å². The molecule has 3 aromatic rings. The molecule has 2 saturated heterocycles. The second kappa shape index (κ2) is 9.88. The highest BCUT2D eigenvalue weighted by Gasteiger charge is 2.33. The molecule has 2 aliphatic heterocycles. The first kappa shape index (κ1) is 21.2. The molecule has 6 nitrogen and oxygen atoms in total. The molecular weight excluding hydrogens is 422 g/mol. The van der Waals surface area contributed by atoms with E-state index >= 15 is 0 Å². The van der Waals surface area contributed by atoms with Crippen molar-refractivity contribution in [3.63, 3.8) is 0 Å². The highest BCUT2D eigenvalue weighted by Crippen LogP contribution is 2.32. The molecule has 5 rings (SSSR count). The fraction of sp³-hybridized carbons (Fsp3) is 0.440. The van der Waals surface area contributed by atoms with Crippen LogP contribution in [-0.2, 0) is 4.79 Å². The van der Waals surface area contributed by atoms with Gasteiger partial charge in [-0.05, 0) is 81.6 Å². The van der Waals surface area contributed by atoms with Crippen molar-refractivity contribution in [3.8, 4) is 16.7 Å². The number of hydrogen-bond acceptors (Lipinski definition) is 6. The summed E-state index contributed by atoms with van der Waals surface area (Å²) in [6.45, 7) is 3.49. The molecule has 1 N–H and O–H groups in total. The van der Waals surface area contributed by atoms with Crippen molar-refractivity contribution in [3.05, 3.63) is 48.5 Å². The Kier molecular flexibility index (Phi) is 6.55. The lowest BCUT2D eigenvalue weighted by atomic mass is 9.91. The number of aromatic nitrogens is 1. The van der Waals surface area contributed by atoms with Crippen LogP contribution in [-0.4, -0.2) is 48.1 Å². The molecule has 168 valence electrons. The first-order chi connectivity index (χ1) is 15.8. The molecule has 0 saturated carbocycles. The number of amides is 1. The van der Waals surface area contributed by atoms with Gasteiger partial charge in [-0.15, -0.1) is 0 Å². The molecule has 2 fully saturated rings. The Morgan fingerprint density at radius 1 is 1.03 bits per heavy atom. The standard InChI is InChI=1S/C25H29N3O3S/c29-24-18(4-3-16-28(24)19-11-14-26-15-12-19)13-17-30-20-7-9-21(10-8-20)31-25-27-22-5-1-2-6-23(22)32-25/h1-2,5-10,18-19,26H,3-4,11-17H2/t18-/m1/s1. The van der Waals surface area contributed by atoms with Crippen LogP contribution in [0.2, 0.25) is 0 Å². The van der Waals surface area contributed by atoms with Gasteiger partial charge in [-0.3, -0.25) is 4.79 Å². The Balaban J connectivity index is 1.11. The molecule has 0 radical (unpaired) electrons. The highest BCUT2D eigenvalue weighted by atomic mass is 32.1. The Labute approximate surface area is 192 Å². The van der Waals surface area contributed by atoms with Crippen molar-refractivity contribution in [2.45, 2.75) is 38.1 Å². The molecule has 32 heavy (non-hydrogen) atoms. The van der Waals surface area contributed by atoms with Crippen molar-refractivity contribution in [1.29, 1.82) is 0 Å². The summed E-state index contributed by atoms with van der Waals surface area (Å²) in [5, 5.41) is 4.02. The van der Waals surface area contributed by atoms with E-state index in [0.717, 1.165) is 73.5 Å². The van der Waals surface area contributed by atoms with E-state index in [2.05, 4.69) is 15.2 Å². The molecular formula is C25H29N3O3S. The van der Waals surface area contributed by atoms with Crippen LogP contribution in [0.1, 0.15) is 32.1 Å². The first-order valence-corrected chi connectivity index (χ1v) is 12.4. The number of benzene rings is 2. The van der Waals surface area contributed by atoms with E-state index in [1.54, 1.807) is 0 Å². The monoisotopic (exact) mass is 451 g/mol. The maximum absolute atomic E-state index is 13.0. The summed E-state index contributed by atoms with van der Waals surface area (Å²) in [6, 6.07) is 16.0. The van der Waals surface area contributed by atoms with E-state index in [1.807, 2.05) is 48.5 Å². The zero-order valence-corrected chi connectivity index (χ0v) is 19.0. The van der Waals surface area contributed by atoms with Gasteiger partial charge in [0.1, 0.15) is 11.5 Å². The summed E-state index contributed by atoms with van der Waals surface area (Å²) in [7, 11) is 0. The lowest BCUT2D eigenvalue weighted by Gasteiger charge is -2.40. The molecule has 7 heteroatoms. The molecule has 0 bridgehead atoms. The molecule has 1 amide bonds. The van der Waals surface area contributed by atoms with E-state index in [-0.39, 0.29) is 5.92 Å². The van der Waals surface area contributed by atoms with Crippen LogP contribution in [0.15, 0.2) is 48.5 Å². The predicted molar refractivity (Wildman–Crippen MR) is 127 cm³/mol. The van der Waals surface area contributed by atoms with Gasteiger partial charge in [0.25, 0.3) is 5.19 Å². The van der Waals surface area contributed by atoms with Gasteiger partial charge in [0.05, 0.1) is 16.8 Å². The van der Waals surface area contributed by atoms with Gasteiger partial charge >= 0.3 is 0 Å². The van der Waals surface area contributed by atoms with E-state index in [4.69, 9.17) is 9.47 Å². The normalized spacial score (nSPS) is 19.9. The number of piperidine rings is 2. The summed E-state index contributed by atoms with van der Waals surface area (Å²) in [6.07, 6.45) is 4.97. The summed E-state index contributed by atoms with van der Waals surface area (Å²) in [5.74, 6) is 1.93. The van der Waals surface area contributed by atoms with Gasteiger partial charge < -0.3 is 19.7 Å². The maximum atomic E-state index is 13.0. The van der Waals surface area contributed by atoms with Crippen LogP contribution in [0.4, 0.5) is 0 Å². The second-order valence-corrected chi connectivity index (χ2v) is 9.50. The third-order valence-electron chi connectivity index (χ3n) is 6.37. The summed E-state index contributed by atoms with van der Waals surface area (Å²) in [5.41, 5.74) is 0.948. The van der Waals surface area contributed by atoms with E-state index < -0.39 is 0 Å². The van der Waals surface area contributed by atoms with Crippen LogP contribution in [0.3, 0.4) is 0 Å². The maximum Gasteiger partial charge on any atom is 0.279 e. The summed E-state index contributed by atoms with van der Waals surface area (Å²) >= 11 is 1.53. The molecule has 0 aliphatic carbocycles. The molecule has 2 aromatic carbocycles. The van der Waals surface area contributed by atoms with E-state index in [9.17, 15) is 4.79 Å². The SMILES string of the molecule is O=C1[C@@H](CCOc2ccc(Oc3nc4ccccc4s3)cc2)CCCN1C1CCNCC1. The number of likely N-dealkylation sites (tertiary alicyclic amines) is 1. The Morgan fingerprint density at radius 2 is 1.81 bits per heavy atom. The largest absolute Gasteiger partial charge is 0.494 e. The van der Waals surface area contributed by atoms with Gasteiger partial charge in [0.2, 0.25) is 5.91 Å². The number of para-hydroxylation sites is 1. The van der Waals surface area contributed by atoms with Crippen LogP contribution in [0.25, 0.3) is 10.2 Å². The fourth-order valence-electron chi connectivity index (χ4n) is 4.64. The zero-order chi connectivity index (χ0) is 21.8. The van der Waals surface area contributed by atoms with Crippen molar-refractivity contribution >= 4 is 27.5 Å². The van der Waals surface area contributed by atoms with Gasteiger partial charge in [-0.1, -0.05) is 23.5 Å². The first-order valence-electron chi connectivity index (χ1n) is 11.5. The van der Waals surface area contributed by atoms with E-state index in [0.29, 0.717) is 23.7 Å². The lowest BCUT2D eigenvalue weighted by molar-refractivity contribution is -0.142. The number of ether oxygens (including phenoxy) is 2. The average Bonchev–Trinajstić information content (AvgIpc) is 3.24. The molecule has 1 aromatic heterocycles. The molecule has 0 spiro atoms. The number of carbonyl (C=O) groups excluding carboxylic acids is 1. The zero-order valence-electron chi connectivity index (χ0n) is 18.2. The number of hydrogen-bond donors (Lipinski definition) is 1. The minimum Gasteiger partial charge on any atom is -0.494 e. The smallest absolute Gasteiger partial charge is 0.279 e. The Hall–Kier alpha value is -2.64. The van der Waals surface area contributed by atoms with Crippen LogP contribution < -0.4 is 14.8 Å². The second-order valence-electron chi connectivity index (χ2n) is 8.51. The number of fused-ring (bicyclic) bond motifs is 1. The number of carbonyl (C=O) groups is 1. The van der Waals surface area contributed by atoms with Crippen LogP contribution >= 0.6 is 11.3 Å². The number of nitrogens with zero attached hydrogens (tertiary/aromatic N) is 2. The lowest BCUT2D eigenvalue weighted by Crippen LogP contribution is -2.51. The van der Waals surface area contributed by atoms with Crippen molar-refractivity contribution < 1.29 is 14.3 Å². The summed E-state index contributed by atoms with van der Waals surface area (Å²) in [4.78, 5) is 19.6. The van der Waals surface area contributed by atoms with Gasteiger partial charge in [-0.25, -0.2) is 4.98 Å². The molecule has 0 unspecified atom stereocenters. The van der Waals surface area contributed by atoms with E-state index in [1.165, 1.54) is 11.3 Å². The Bertz CT molecular complexity index is 1010. The number of rotatable bonds is 7. The van der Waals surface area contributed by atoms with Gasteiger partial charge in [0, 0.05) is 18.5 Å². The topological polar surface area (TPSA) is 63.7 Å². The van der Waals surface area contributed by atoms with Crippen molar-refractivity contribution in [2.24, 2.45) is 5.92 Å². The summed E-state index contributed by atoms with van der Waals surface area (Å²) < 4.78 is 13.0. The van der Waals surface area contributed by atoms with Crippen molar-refractivity contribution in [1.82, 2.24) is 15.2 Å². The van der Waals surface area contributed by atoms with Gasteiger partial charge in [-0.2, -0.15) is 0 Å². The average molecular weight is 452 g/mol. The molecule has 1 atom stereocenters. The number of nitrogens with one attached hydrogen (secondary N) is 1. The fourth-order valence-corrected chi connectivity index (χ4v) is 5.48. The Morgan fingerprint density at radius 3 is 2.62 bits per heavy atom. The minimum atomic E-state index is 0.0836. The third-order valence-corrected chi connectivity index (χ3v) is 7.29.